The van der Waals surface area contributed by atoms with Crippen LogP contribution in [0.3, 0.4) is 0 Å². The van der Waals surface area contributed by atoms with Crippen LogP contribution in [0.2, 0.25) is 10.0 Å². The lowest BCUT2D eigenvalue weighted by atomic mass is 10.0. The van der Waals surface area contributed by atoms with Crippen molar-refractivity contribution >= 4 is 40.6 Å². The minimum absolute atomic E-state index is 0.162. The van der Waals surface area contributed by atoms with Crippen molar-refractivity contribution in [1.82, 2.24) is 25.6 Å². The van der Waals surface area contributed by atoms with E-state index in [2.05, 4.69) is 37.8 Å². The molecule has 37 heavy (non-hydrogen) atoms. The molecule has 0 spiro atoms. The zero-order valence-electron chi connectivity index (χ0n) is 20.4. The number of H-pyrrole nitrogens is 1. The van der Waals surface area contributed by atoms with E-state index < -0.39 is 0 Å². The fraction of sp³-hybridized carbons (Fsp3) is 0.296. The summed E-state index contributed by atoms with van der Waals surface area (Å²) in [6.45, 7) is 4.02. The molecule has 8 nitrogen and oxygen atoms in total. The molecule has 1 saturated carbocycles. The number of aromatic amines is 1. The van der Waals surface area contributed by atoms with Gasteiger partial charge in [-0.2, -0.15) is 5.21 Å². The molecular weight excluding hydrogens is 509 g/mol. The van der Waals surface area contributed by atoms with Gasteiger partial charge in [0.15, 0.2) is 0 Å². The second kappa shape index (κ2) is 11.3. The quantitative estimate of drug-likeness (QED) is 0.256. The number of rotatable bonds is 10. The van der Waals surface area contributed by atoms with Crippen LogP contribution in [0.1, 0.15) is 31.7 Å². The lowest BCUT2D eigenvalue weighted by Gasteiger charge is -2.24. The van der Waals surface area contributed by atoms with Crippen molar-refractivity contribution in [2.75, 3.05) is 23.3 Å². The number of nitrogens with one attached hydrogen (secondary N) is 2. The Morgan fingerprint density at radius 3 is 2.62 bits per heavy atom. The van der Waals surface area contributed by atoms with E-state index in [9.17, 15) is 4.79 Å². The molecule has 0 saturated heterocycles. The number of anilines is 2. The van der Waals surface area contributed by atoms with Gasteiger partial charge in [-0.1, -0.05) is 54.4 Å². The minimum Gasteiger partial charge on any atom is -0.356 e. The van der Waals surface area contributed by atoms with Crippen LogP contribution >= 0.6 is 23.2 Å². The maximum absolute atomic E-state index is 13.0. The van der Waals surface area contributed by atoms with E-state index in [1.807, 2.05) is 36.4 Å². The minimum atomic E-state index is -0.178. The highest BCUT2D eigenvalue weighted by Gasteiger charge is 2.25. The van der Waals surface area contributed by atoms with Gasteiger partial charge in [0.05, 0.1) is 22.8 Å². The summed E-state index contributed by atoms with van der Waals surface area (Å²) in [5, 5.41) is 18.4. The van der Waals surface area contributed by atoms with Gasteiger partial charge in [0.2, 0.25) is 11.7 Å². The van der Waals surface area contributed by atoms with Crippen molar-refractivity contribution in [2.24, 2.45) is 5.92 Å². The van der Waals surface area contributed by atoms with Crippen LogP contribution in [0, 0.1) is 5.92 Å². The average Bonchev–Trinajstić information content (AvgIpc) is 3.54. The largest absolute Gasteiger partial charge is 0.356 e. The Hall–Kier alpha value is -3.49. The molecule has 1 aliphatic rings. The van der Waals surface area contributed by atoms with Crippen molar-refractivity contribution in [3.05, 3.63) is 70.2 Å². The van der Waals surface area contributed by atoms with Gasteiger partial charge in [0, 0.05) is 29.2 Å². The van der Waals surface area contributed by atoms with Gasteiger partial charge >= 0.3 is 0 Å². The van der Waals surface area contributed by atoms with E-state index in [4.69, 9.17) is 28.2 Å². The monoisotopic (exact) mass is 535 g/mol. The summed E-state index contributed by atoms with van der Waals surface area (Å²) < 4.78 is 0. The van der Waals surface area contributed by atoms with Crippen LogP contribution in [-0.2, 0) is 11.2 Å². The number of carbonyl (C=O) groups excluding carboxylic acids is 1. The number of benzene rings is 2. The molecule has 0 bridgehead atoms. The number of hydrogen-bond donors (Lipinski definition) is 2. The smallest absolute Gasteiger partial charge is 0.228 e. The third-order valence-electron chi connectivity index (χ3n) is 6.22. The van der Waals surface area contributed by atoms with Crippen LogP contribution in [-0.4, -0.2) is 44.6 Å². The predicted molar refractivity (Wildman–Crippen MR) is 147 cm³/mol. The zero-order valence-corrected chi connectivity index (χ0v) is 21.9. The molecule has 2 aromatic heterocycles. The van der Waals surface area contributed by atoms with Gasteiger partial charge < -0.3 is 10.2 Å². The second-order valence-electron chi connectivity index (χ2n) is 9.24. The summed E-state index contributed by atoms with van der Waals surface area (Å²) >= 11 is 12.3. The summed E-state index contributed by atoms with van der Waals surface area (Å²) in [5.74, 6) is 1.87. The molecule has 10 heteroatoms. The number of carbonyl (C=O) groups is 1. The van der Waals surface area contributed by atoms with Gasteiger partial charge in [-0.25, -0.2) is 4.98 Å². The van der Waals surface area contributed by atoms with E-state index in [1.165, 1.54) is 12.8 Å². The Morgan fingerprint density at radius 2 is 1.92 bits per heavy atom. The first-order valence-electron chi connectivity index (χ1n) is 12.3. The number of halogens is 2. The number of amides is 1. The summed E-state index contributed by atoms with van der Waals surface area (Å²) in [5.41, 5.74) is 3.81. The van der Waals surface area contributed by atoms with Crippen molar-refractivity contribution in [3.63, 3.8) is 0 Å². The highest BCUT2D eigenvalue weighted by Crippen LogP contribution is 2.34. The Labute approximate surface area is 225 Å². The molecule has 2 N–H and O–H groups in total. The maximum atomic E-state index is 13.0. The standard InChI is InChI=1S/C27H27Cl2N7O/c1-2-11-36(16-17-7-8-17)25-13-18(14-26(37)31-23-10-9-19(28)15-22(23)29)12-24(30-25)20-5-3-4-6-21(20)27-32-34-35-33-27/h3-6,9-10,12-13,15,17H,2,7-8,11,14,16H2,1H3,(H,31,37)(H,32,33,34,35). The first kappa shape index (κ1) is 25.2. The number of hydrogen-bond acceptors (Lipinski definition) is 6. The number of tetrazole rings is 1. The van der Waals surface area contributed by atoms with Gasteiger partial charge in [0.25, 0.3) is 0 Å². The van der Waals surface area contributed by atoms with E-state index in [-0.39, 0.29) is 12.3 Å². The third kappa shape index (κ3) is 6.26. The summed E-state index contributed by atoms with van der Waals surface area (Å²) in [6.07, 6.45) is 3.66. The average molecular weight is 536 g/mol. The van der Waals surface area contributed by atoms with Gasteiger partial charge in [-0.3, -0.25) is 4.79 Å². The highest BCUT2D eigenvalue weighted by atomic mass is 35.5. The van der Waals surface area contributed by atoms with Crippen LogP contribution in [0.25, 0.3) is 22.6 Å². The molecule has 1 amide bonds. The maximum Gasteiger partial charge on any atom is 0.228 e. The van der Waals surface area contributed by atoms with E-state index in [0.717, 1.165) is 47.7 Å². The summed E-state index contributed by atoms with van der Waals surface area (Å²) in [4.78, 5) is 20.4. The molecule has 2 aromatic carbocycles. The molecule has 0 radical (unpaired) electrons. The predicted octanol–water partition coefficient (Wildman–Crippen LogP) is 6.04. The lowest BCUT2D eigenvalue weighted by Crippen LogP contribution is -2.28. The number of aromatic nitrogens is 5. The van der Waals surface area contributed by atoms with Gasteiger partial charge in [0.1, 0.15) is 5.82 Å². The lowest BCUT2D eigenvalue weighted by molar-refractivity contribution is -0.115. The van der Waals surface area contributed by atoms with E-state index in [0.29, 0.717) is 27.5 Å². The Bertz CT molecular complexity index is 1390. The normalized spacial score (nSPS) is 12.9. The summed E-state index contributed by atoms with van der Waals surface area (Å²) in [6, 6.07) is 16.8. The van der Waals surface area contributed by atoms with Crippen LogP contribution < -0.4 is 10.2 Å². The molecule has 5 rings (SSSR count). The molecule has 190 valence electrons. The van der Waals surface area contributed by atoms with E-state index in [1.54, 1.807) is 18.2 Å². The van der Waals surface area contributed by atoms with Crippen molar-refractivity contribution in [2.45, 2.75) is 32.6 Å². The Kier molecular flexibility index (Phi) is 7.67. The van der Waals surface area contributed by atoms with Crippen LogP contribution in [0.5, 0.6) is 0 Å². The highest BCUT2D eigenvalue weighted by molar-refractivity contribution is 6.36. The van der Waals surface area contributed by atoms with Gasteiger partial charge in [-0.05, 0) is 66.3 Å². The van der Waals surface area contributed by atoms with Crippen molar-refractivity contribution in [3.8, 4) is 22.6 Å². The fourth-order valence-corrected chi connectivity index (χ4v) is 4.76. The van der Waals surface area contributed by atoms with Crippen LogP contribution in [0.4, 0.5) is 11.5 Å². The molecule has 0 atom stereocenters. The molecule has 1 aliphatic carbocycles. The fourth-order valence-electron chi connectivity index (χ4n) is 4.30. The Morgan fingerprint density at radius 1 is 1.11 bits per heavy atom. The number of pyridine rings is 1. The third-order valence-corrected chi connectivity index (χ3v) is 6.77. The van der Waals surface area contributed by atoms with Crippen molar-refractivity contribution in [1.29, 1.82) is 0 Å². The second-order valence-corrected chi connectivity index (χ2v) is 10.1. The molecule has 1 fully saturated rings. The molecule has 0 aliphatic heterocycles. The first-order valence-corrected chi connectivity index (χ1v) is 13.1. The first-order chi connectivity index (χ1) is 18.0. The Balaban J connectivity index is 1.51. The summed E-state index contributed by atoms with van der Waals surface area (Å²) in [7, 11) is 0. The van der Waals surface area contributed by atoms with E-state index >= 15 is 0 Å². The zero-order chi connectivity index (χ0) is 25.8. The molecular formula is C27H27Cl2N7O. The SMILES string of the molecule is CCCN(CC1CC1)c1cc(CC(=O)Nc2ccc(Cl)cc2Cl)cc(-c2ccccc2-c2nn[nH]n2)n1. The molecule has 0 unspecified atom stereocenters. The van der Waals surface area contributed by atoms with Crippen molar-refractivity contribution < 1.29 is 4.79 Å². The molecule has 2 heterocycles. The molecule has 4 aromatic rings. The topological polar surface area (TPSA) is 99.7 Å². The van der Waals surface area contributed by atoms with Crippen LogP contribution in [0.15, 0.2) is 54.6 Å². The van der Waals surface area contributed by atoms with Gasteiger partial charge in [-0.15, -0.1) is 10.2 Å². The number of nitrogens with zero attached hydrogens (tertiary/aromatic N) is 5.